The monoisotopic (exact) mass is 411 g/mol. The van der Waals surface area contributed by atoms with Gasteiger partial charge in [0.2, 0.25) is 5.91 Å². The average molecular weight is 411 g/mol. The van der Waals surface area contributed by atoms with E-state index < -0.39 is 0 Å². The van der Waals surface area contributed by atoms with Gasteiger partial charge in [0.05, 0.1) is 5.56 Å². The van der Waals surface area contributed by atoms with E-state index in [9.17, 15) is 15.3 Å². The standard InChI is InChI=1S/C23H17N5OS/c1-15(29)27-18-10-8-17(9-11-18)21-19(12-24)22(26-2)28-23(20(21)13-25)30-14-16-6-4-3-5-7-16/h3-4,6,8-11H,14H2,1-2H3,(H,26,28)(H,27,29). The van der Waals surface area contributed by atoms with Gasteiger partial charge in [-0.2, -0.15) is 10.5 Å². The smallest absolute Gasteiger partial charge is 0.221 e. The quantitative estimate of drug-likeness (QED) is 0.540. The number of nitrogens with zero attached hydrogens (tertiary/aromatic N) is 3. The molecule has 3 rings (SSSR count). The van der Waals surface area contributed by atoms with Crippen LogP contribution in [0.1, 0.15) is 18.1 Å². The zero-order valence-corrected chi connectivity index (χ0v) is 17.2. The van der Waals surface area contributed by atoms with Crippen molar-refractivity contribution >= 4 is 29.2 Å². The van der Waals surface area contributed by atoms with Crippen molar-refractivity contribution in [2.24, 2.45) is 0 Å². The summed E-state index contributed by atoms with van der Waals surface area (Å²) < 4.78 is 0. The molecule has 0 radical (unpaired) electrons. The second-order valence-electron chi connectivity index (χ2n) is 6.23. The van der Waals surface area contributed by atoms with Crippen molar-refractivity contribution in [3.05, 3.63) is 70.7 Å². The number of aromatic nitrogens is 1. The lowest BCUT2D eigenvalue weighted by Crippen LogP contribution is -2.06. The van der Waals surface area contributed by atoms with Crippen LogP contribution in [-0.2, 0) is 4.79 Å². The Kier molecular flexibility index (Phi) is 6.55. The van der Waals surface area contributed by atoms with Gasteiger partial charge in [-0.05, 0) is 29.8 Å². The van der Waals surface area contributed by atoms with Crippen LogP contribution in [-0.4, -0.2) is 23.7 Å². The van der Waals surface area contributed by atoms with Crippen LogP contribution in [0.3, 0.4) is 0 Å². The normalized spacial score (nSPS) is 11.4. The van der Waals surface area contributed by atoms with E-state index in [1.54, 1.807) is 37.4 Å². The van der Waals surface area contributed by atoms with Gasteiger partial charge in [-0.15, -0.1) is 0 Å². The summed E-state index contributed by atoms with van der Waals surface area (Å²) in [5.41, 5.74) is 9.36. The van der Waals surface area contributed by atoms with E-state index >= 15 is 0 Å². The molecule has 1 amide bonds. The number of thioether (sulfide) groups is 1. The van der Waals surface area contributed by atoms with Crippen molar-refractivity contribution < 1.29 is 4.79 Å². The molecule has 30 heavy (non-hydrogen) atoms. The molecule has 0 aliphatic heterocycles. The molecule has 0 unspecified atom stereocenters. The third-order valence-corrected chi connectivity index (χ3v) is 5.22. The number of rotatable bonds is 6. The summed E-state index contributed by atoms with van der Waals surface area (Å²) in [6.07, 6.45) is 5.58. The highest BCUT2D eigenvalue weighted by molar-refractivity contribution is 7.99. The number of amides is 1. The van der Waals surface area contributed by atoms with Crippen molar-refractivity contribution in [3.8, 4) is 23.3 Å². The zero-order valence-electron chi connectivity index (χ0n) is 16.4. The van der Waals surface area contributed by atoms with Crippen molar-refractivity contribution in [2.75, 3.05) is 23.4 Å². The maximum Gasteiger partial charge on any atom is 0.221 e. The van der Waals surface area contributed by atoms with Crippen LogP contribution in [0.25, 0.3) is 11.1 Å². The number of anilines is 2. The van der Waals surface area contributed by atoms with E-state index in [-0.39, 0.29) is 5.91 Å². The molecular formula is C23H17N5OS. The first-order chi connectivity index (χ1) is 14.6. The van der Waals surface area contributed by atoms with Crippen LogP contribution in [0.4, 0.5) is 11.5 Å². The van der Waals surface area contributed by atoms with Crippen LogP contribution in [0.5, 0.6) is 0 Å². The Labute approximate surface area is 178 Å². The molecule has 1 heterocycles. The topological polar surface area (TPSA) is 102 Å². The average Bonchev–Trinajstić information content (AvgIpc) is 2.77. The Morgan fingerprint density at radius 2 is 1.93 bits per heavy atom. The number of hydrogen-bond donors (Lipinski definition) is 2. The summed E-state index contributed by atoms with van der Waals surface area (Å²) in [6.45, 7) is 1.43. The van der Waals surface area contributed by atoms with Gasteiger partial charge in [0, 0.05) is 36.5 Å². The summed E-state index contributed by atoms with van der Waals surface area (Å²) in [4.78, 5) is 15.8. The summed E-state index contributed by atoms with van der Waals surface area (Å²) >= 11 is 1.40. The van der Waals surface area contributed by atoms with Gasteiger partial charge in [0.25, 0.3) is 0 Å². The summed E-state index contributed by atoms with van der Waals surface area (Å²) in [6, 6.07) is 11.4. The third kappa shape index (κ3) is 4.52. The fraction of sp³-hybridized carbons (Fsp3) is 0.130. The number of nitrogens with one attached hydrogen (secondary N) is 2. The Morgan fingerprint density at radius 1 is 1.20 bits per heavy atom. The van der Waals surface area contributed by atoms with Gasteiger partial charge in [0.15, 0.2) is 0 Å². The van der Waals surface area contributed by atoms with Gasteiger partial charge in [-0.3, -0.25) is 4.79 Å². The Bertz CT molecular complexity index is 1220. The van der Waals surface area contributed by atoms with Crippen LogP contribution >= 0.6 is 11.8 Å². The Morgan fingerprint density at radius 3 is 2.50 bits per heavy atom. The fourth-order valence-corrected chi connectivity index (χ4v) is 3.80. The highest BCUT2D eigenvalue weighted by Crippen LogP contribution is 2.37. The molecule has 1 aliphatic carbocycles. The lowest BCUT2D eigenvalue weighted by molar-refractivity contribution is -0.114. The number of allylic oxidation sites excluding steroid dienone is 3. The predicted molar refractivity (Wildman–Crippen MR) is 118 cm³/mol. The first kappa shape index (κ1) is 20.7. The van der Waals surface area contributed by atoms with E-state index in [0.717, 1.165) is 5.57 Å². The molecule has 2 aromatic rings. The first-order valence-corrected chi connectivity index (χ1v) is 10.00. The van der Waals surface area contributed by atoms with E-state index in [2.05, 4.69) is 39.2 Å². The molecule has 2 N–H and O–H groups in total. The maximum absolute atomic E-state index is 11.3. The SMILES string of the molecule is CNc1nc(SCC2=C=C=CC=C2)c(C#N)c(-c2ccc(NC(C)=O)cc2)c1C#N. The molecule has 0 spiro atoms. The summed E-state index contributed by atoms with van der Waals surface area (Å²) in [5.74, 6) is 0.798. The van der Waals surface area contributed by atoms with Gasteiger partial charge < -0.3 is 10.6 Å². The molecule has 0 atom stereocenters. The number of hydrogen-bond acceptors (Lipinski definition) is 6. The molecule has 6 nitrogen and oxygen atoms in total. The number of pyridine rings is 1. The molecule has 0 saturated heterocycles. The second kappa shape index (κ2) is 9.47. The largest absolute Gasteiger partial charge is 0.372 e. The van der Waals surface area contributed by atoms with Crippen LogP contribution in [0, 0.1) is 22.7 Å². The number of benzene rings is 1. The van der Waals surface area contributed by atoms with Crippen molar-refractivity contribution in [1.82, 2.24) is 4.98 Å². The molecule has 0 saturated carbocycles. The van der Waals surface area contributed by atoms with Crippen molar-refractivity contribution in [1.29, 1.82) is 10.5 Å². The fourth-order valence-electron chi connectivity index (χ4n) is 2.89. The summed E-state index contributed by atoms with van der Waals surface area (Å²) in [5, 5.41) is 25.9. The zero-order chi connectivity index (χ0) is 21.5. The van der Waals surface area contributed by atoms with E-state index in [4.69, 9.17) is 0 Å². The maximum atomic E-state index is 11.3. The lowest BCUT2D eigenvalue weighted by atomic mass is 9.96. The third-order valence-electron chi connectivity index (χ3n) is 4.19. The first-order valence-electron chi connectivity index (χ1n) is 9.01. The van der Waals surface area contributed by atoms with Gasteiger partial charge >= 0.3 is 0 Å². The van der Waals surface area contributed by atoms with Crippen LogP contribution in [0.15, 0.2) is 64.6 Å². The van der Waals surface area contributed by atoms with Gasteiger partial charge in [0.1, 0.15) is 28.5 Å². The minimum absolute atomic E-state index is 0.173. The minimum Gasteiger partial charge on any atom is -0.372 e. The van der Waals surface area contributed by atoms with E-state index in [1.165, 1.54) is 18.7 Å². The number of nitriles is 2. The van der Waals surface area contributed by atoms with Crippen molar-refractivity contribution in [2.45, 2.75) is 11.9 Å². The van der Waals surface area contributed by atoms with Crippen LogP contribution in [0.2, 0.25) is 0 Å². The number of carbonyl (C=O) groups excluding carboxylic acids is 1. The molecule has 0 fully saturated rings. The predicted octanol–water partition coefficient (Wildman–Crippen LogP) is 4.39. The molecule has 1 aliphatic rings. The van der Waals surface area contributed by atoms with Gasteiger partial charge in [-0.25, -0.2) is 4.98 Å². The van der Waals surface area contributed by atoms with Crippen LogP contribution < -0.4 is 10.6 Å². The molecular weight excluding hydrogens is 394 g/mol. The molecule has 1 aromatic heterocycles. The summed E-state index contributed by atoms with van der Waals surface area (Å²) in [7, 11) is 1.69. The van der Waals surface area contributed by atoms with E-state index in [0.29, 0.717) is 44.5 Å². The highest BCUT2D eigenvalue weighted by atomic mass is 32.2. The molecule has 0 bridgehead atoms. The molecule has 146 valence electrons. The Balaban J connectivity index is 2.10. The second-order valence-corrected chi connectivity index (χ2v) is 7.20. The van der Waals surface area contributed by atoms with Crippen molar-refractivity contribution in [3.63, 3.8) is 0 Å². The van der Waals surface area contributed by atoms with E-state index in [1.807, 2.05) is 12.2 Å². The highest BCUT2D eigenvalue weighted by Gasteiger charge is 2.21. The minimum atomic E-state index is -0.173. The number of carbonyl (C=O) groups is 1. The van der Waals surface area contributed by atoms with Gasteiger partial charge in [-0.1, -0.05) is 41.4 Å². The molecule has 7 heteroatoms. The Hall–Kier alpha value is -3.99. The molecule has 1 aromatic carbocycles. The lowest BCUT2D eigenvalue weighted by Gasteiger charge is -2.15.